The molecule has 1 saturated heterocycles. The van der Waals surface area contributed by atoms with E-state index >= 15 is 0 Å². The molecule has 0 atom stereocenters. The van der Waals surface area contributed by atoms with E-state index in [1.54, 1.807) is 11.3 Å². The van der Waals surface area contributed by atoms with Crippen molar-refractivity contribution in [2.45, 2.75) is 25.1 Å². The van der Waals surface area contributed by atoms with Gasteiger partial charge in [0.05, 0.1) is 0 Å². The number of thiophene rings is 1. The number of hydrogen-bond acceptors (Lipinski definition) is 5. The average Bonchev–Trinajstić information content (AvgIpc) is 2.80. The molecule has 0 saturated carbocycles. The second kappa shape index (κ2) is 4.64. The van der Waals surface area contributed by atoms with Gasteiger partial charge in [0, 0.05) is 24.5 Å². The van der Waals surface area contributed by atoms with Crippen molar-refractivity contribution >= 4 is 27.3 Å². The van der Waals surface area contributed by atoms with Gasteiger partial charge in [-0.15, -0.1) is 11.3 Å². The standard InChI is InChI=1S/C11H16N2O3S2/c1-11(2)10(14)13(18(11,15)16)6-5-12-8-9-4-3-7-17-9/h3-4,7,12H,5-6,8H2,1-2H3. The maximum Gasteiger partial charge on any atom is 0.258 e. The van der Waals surface area contributed by atoms with Crippen LogP contribution in [-0.4, -0.2) is 36.5 Å². The van der Waals surface area contributed by atoms with Gasteiger partial charge in [-0.1, -0.05) is 6.07 Å². The SMILES string of the molecule is CC1(C)C(=O)N(CCNCc2cccs2)S1(=O)=O. The fraction of sp³-hybridized carbons (Fsp3) is 0.545. The summed E-state index contributed by atoms with van der Waals surface area (Å²) in [6, 6.07) is 3.97. The Hall–Kier alpha value is -0.920. The third-order valence-electron chi connectivity index (χ3n) is 3.05. The summed E-state index contributed by atoms with van der Waals surface area (Å²) in [4.78, 5) is 12.8. The van der Waals surface area contributed by atoms with Crippen LogP contribution in [0.5, 0.6) is 0 Å². The topological polar surface area (TPSA) is 66.5 Å². The largest absolute Gasteiger partial charge is 0.310 e. The molecule has 100 valence electrons. The molecule has 1 aliphatic rings. The van der Waals surface area contributed by atoms with E-state index < -0.39 is 14.8 Å². The molecule has 0 aliphatic carbocycles. The van der Waals surface area contributed by atoms with Gasteiger partial charge >= 0.3 is 0 Å². The van der Waals surface area contributed by atoms with E-state index in [-0.39, 0.29) is 12.5 Å². The molecular weight excluding hydrogens is 272 g/mol. The van der Waals surface area contributed by atoms with Gasteiger partial charge in [0.2, 0.25) is 0 Å². The van der Waals surface area contributed by atoms with Crippen molar-refractivity contribution in [3.8, 4) is 0 Å². The van der Waals surface area contributed by atoms with Crippen molar-refractivity contribution in [1.29, 1.82) is 0 Å². The number of amides is 1. The molecule has 0 aromatic carbocycles. The summed E-state index contributed by atoms with van der Waals surface area (Å²) in [6.45, 7) is 4.26. The molecule has 2 rings (SSSR count). The number of nitrogens with zero attached hydrogens (tertiary/aromatic N) is 1. The van der Waals surface area contributed by atoms with Crippen LogP contribution in [-0.2, 0) is 21.4 Å². The number of carbonyl (C=O) groups is 1. The molecule has 7 heteroatoms. The van der Waals surface area contributed by atoms with E-state index in [1.165, 1.54) is 18.7 Å². The molecular formula is C11H16N2O3S2. The van der Waals surface area contributed by atoms with Crippen LogP contribution < -0.4 is 5.32 Å². The lowest BCUT2D eigenvalue weighted by molar-refractivity contribution is -0.132. The fourth-order valence-electron chi connectivity index (χ4n) is 1.78. The van der Waals surface area contributed by atoms with E-state index in [2.05, 4.69) is 5.32 Å². The molecule has 1 aliphatic heterocycles. The molecule has 2 heterocycles. The van der Waals surface area contributed by atoms with Crippen molar-refractivity contribution in [2.75, 3.05) is 13.1 Å². The molecule has 0 radical (unpaired) electrons. The van der Waals surface area contributed by atoms with Gasteiger partial charge in [-0.3, -0.25) is 4.79 Å². The Labute approximate surface area is 111 Å². The number of sulfonamides is 1. The first-order valence-electron chi connectivity index (χ1n) is 5.67. The Balaban J connectivity index is 1.80. The second-order valence-corrected chi connectivity index (χ2v) is 8.09. The van der Waals surface area contributed by atoms with Crippen LogP contribution in [0, 0.1) is 0 Å². The molecule has 1 aromatic rings. The Morgan fingerprint density at radius 3 is 2.72 bits per heavy atom. The van der Waals surface area contributed by atoms with Crippen LogP contribution in [0.3, 0.4) is 0 Å². The number of carbonyl (C=O) groups excluding carboxylic acids is 1. The molecule has 0 spiro atoms. The van der Waals surface area contributed by atoms with Crippen LogP contribution in [0.4, 0.5) is 0 Å². The lowest BCUT2D eigenvalue weighted by Gasteiger charge is -2.43. The van der Waals surface area contributed by atoms with Crippen LogP contribution in [0.1, 0.15) is 18.7 Å². The van der Waals surface area contributed by atoms with Crippen LogP contribution >= 0.6 is 11.3 Å². The minimum atomic E-state index is -3.44. The van der Waals surface area contributed by atoms with Gasteiger partial charge in [-0.25, -0.2) is 12.7 Å². The van der Waals surface area contributed by atoms with Gasteiger partial charge in [0.15, 0.2) is 4.75 Å². The van der Waals surface area contributed by atoms with E-state index in [0.717, 1.165) is 4.31 Å². The zero-order valence-electron chi connectivity index (χ0n) is 10.3. The summed E-state index contributed by atoms with van der Waals surface area (Å²) < 4.78 is 23.3. The first kappa shape index (κ1) is 13.5. The van der Waals surface area contributed by atoms with Crippen LogP contribution in [0.2, 0.25) is 0 Å². The normalized spacial score (nSPS) is 20.8. The Morgan fingerprint density at radius 1 is 1.44 bits per heavy atom. The summed E-state index contributed by atoms with van der Waals surface area (Å²) in [5.74, 6) is -0.319. The van der Waals surface area contributed by atoms with E-state index in [1.807, 2.05) is 17.5 Å². The second-order valence-electron chi connectivity index (χ2n) is 4.65. The average molecular weight is 288 g/mol. The summed E-state index contributed by atoms with van der Waals surface area (Å²) in [5.41, 5.74) is 0. The molecule has 1 aromatic heterocycles. The van der Waals surface area contributed by atoms with Crippen molar-refractivity contribution < 1.29 is 13.2 Å². The van der Waals surface area contributed by atoms with Crippen LogP contribution in [0.25, 0.3) is 0 Å². The van der Waals surface area contributed by atoms with Crippen molar-refractivity contribution in [3.63, 3.8) is 0 Å². The maximum atomic E-state index is 11.8. The molecule has 0 bridgehead atoms. The molecule has 1 fully saturated rings. The molecule has 1 N–H and O–H groups in total. The van der Waals surface area contributed by atoms with Gasteiger partial charge < -0.3 is 5.32 Å². The fourth-order valence-corrected chi connectivity index (χ4v) is 3.99. The summed E-state index contributed by atoms with van der Waals surface area (Å²) in [7, 11) is -3.44. The minimum absolute atomic E-state index is 0.204. The van der Waals surface area contributed by atoms with E-state index in [9.17, 15) is 13.2 Å². The quantitative estimate of drug-likeness (QED) is 0.814. The molecule has 18 heavy (non-hydrogen) atoms. The highest BCUT2D eigenvalue weighted by Gasteiger charge is 2.59. The highest BCUT2D eigenvalue weighted by molar-refractivity contribution is 7.94. The first-order valence-corrected chi connectivity index (χ1v) is 7.99. The monoisotopic (exact) mass is 288 g/mol. The van der Waals surface area contributed by atoms with Gasteiger partial charge in [-0.05, 0) is 25.3 Å². The Kier molecular flexibility index (Phi) is 3.48. The summed E-state index contributed by atoms with van der Waals surface area (Å²) in [6.07, 6.45) is 0. The van der Waals surface area contributed by atoms with Crippen molar-refractivity contribution in [1.82, 2.24) is 9.62 Å². The zero-order chi connectivity index (χ0) is 13.4. The highest BCUT2D eigenvalue weighted by atomic mass is 32.2. The van der Waals surface area contributed by atoms with Gasteiger partial charge in [0.25, 0.3) is 15.9 Å². The van der Waals surface area contributed by atoms with Crippen molar-refractivity contribution in [2.24, 2.45) is 0 Å². The Bertz CT molecular complexity index is 535. The number of nitrogens with one attached hydrogen (secondary N) is 1. The summed E-state index contributed by atoms with van der Waals surface area (Å²) in [5, 5.41) is 5.11. The zero-order valence-corrected chi connectivity index (χ0v) is 12.0. The first-order chi connectivity index (χ1) is 8.37. The lowest BCUT2D eigenvalue weighted by atomic mass is 10.2. The van der Waals surface area contributed by atoms with Gasteiger partial charge in [-0.2, -0.15) is 0 Å². The molecule has 5 nitrogen and oxygen atoms in total. The number of hydrogen-bond donors (Lipinski definition) is 1. The predicted molar refractivity (Wildman–Crippen MR) is 70.7 cm³/mol. The third-order valence-corrected chi connectivity index (χ3v) is 6.32. The smallest absolute Gasteiger partial charge is 0.258 e. The lowest BCUT2D eigenvalue weighted by Crippen LogP contribution is -2.67. The van der Waals surface area contributed by atoms with Crippen LogP contribution in [0.15, 0.2) is 17.5 Å². The third kappa shape index (κ3) is 2.06. The molecule has 1 amide bonds. The van der Waals surface area contributed by atoms with E-state index in [0.29, 0.717) is 13.1 Å². The maximum absolute atomic E-state index is 11.8. The predicted octanol–water partition coefficient (Wildman–Crippen LogP) is 0.788. The van der Waals surface area contributed by atoms with Crippen molar-refractivity contribution in [3.05, 3.63) is 22.4 Å². The minimum Gasteiger partial charge on any atom is -0.310 e. The van der Waals surface area contributed by atoms with E-state index in [4.69, 9.17) is 0 Å². The highest BCUT2D eigenvalue weighted by Crippen LogP contribution is 2.34. The number of rotatable bonds is 5. The molecule has 0 unspecified atom stereocenters. The van der Waals surface area contributed by atoms with Gasteiger partial charge in [0.1, 0.15) is 0 Å². The Morgan fingerprint density at radius 2 is 2.17 bits per heavy atom. The summed E-state index contributed by atoms with van der Waals surface area (Å²) >= 11 is 1.64.